The van der Waals surface area contributed by atoms with E-state index in [1.54, 1.807) is 0 Å². The van der Waals surface area contributed by atoms with Crippen molar-refractivity contribution in [3.8, 4) is 17.1 Å². The Kier molecular flexibility index (Phi) is 5.89. The highest BCUT2D eigenvalue weighted by Crippen LogP contribution is 2.28. The van der Waals surface area contributed by atoms with Crippen molar-refractivity contribution in [1.82, 2.24) is 9.55 Å². The highest BCUT2D eigenvalue weighted by molar-refractivity contribution is 5.81. The van der Waals surface area contributed by atoms with Gasteiger partial charge in [-0.3, -0.25) is 0 Å². The van der Waals surface area contributed by atoms with Crippen LogP contribution in [0.3, 0.4) is 0 Å². The summed E-state index contributed by atoms with van der Waals surface area (Å²) in [5, 5.41) is 0. The van der Waals surface area contributed by atoms with Crippen LogP contribution >= 0.6 is 0 Å². The Morgan fingerprint density at radius 3 is 2.47 bits per heavy atom. The highest BCUT2D eigenvalue weighted by atomic mass is 16.5. The lowest BCUT2D eigenvalue weighted by Crippen LogP contribution is -2.10. The van der Waals surface area contributed by atoms with Gasteiger partial charge in [-0.25, -0.2) is 4.98 Å². The summed E-state index contributed by atoms with van der Waals surface area (Å²) in [6, 6.07) is 23.4. The number of para-hydroxylation sites is 2. The van der Waals surface area contributed by atoms with Gasteiger partial charge in [0.15, 0.2) is 0 Å². The van der Waals surface area contributed by atoms with Crippen molar-refractivity contribution in [2.75, 3.05) is 6.61 Å². The summed E-state index contributed by atoms with van der Waals surface area (Å²) >= 11 is 0. The van der Waals surface area contributed by atoms with E-state index < -0.39 is 0 Å². The van der Waals surface area contributed by atoms with Crippen LogP contribution in [0.2, 0.25) is 0 Å². The van der Waals surface area contributed by atoms with Crippen molar-refractivity contribution in [3.63, 3.8) is 0 Å². The van der Waals surface area contributed by atoms with E-state index in [9.17, 15) is 0 Å². The normalized spacial score (nSPS) is 12.3. The lowest BCUT2D eigenvalue weighted by molar-refractivity contribution is 0.300. The summed E-state index contributed by atoms with van der Waals surface area (Å²) in [4.78, 5) is 4.95. The molecule has 0 N–H and O–H groups in total. The van der Waals surface area contributed by atoms with Crippen molar-refractivity contribution in [2.24, 2.45) is 0 Å². The van der Waals surface area contributed by atoms with Crippen molar-refractivity contribution < 1.29 is 4.74 Å². The lowest BCUT2D eigenvalue weighted by Gasteiger charge is -2.13. The molecular formula is C27H30N2O. The average Bonchev–Trinajstić information content (AvgIpc) is 3.12. The second-order valence-corrected chi connectivity index (χ2v) is 8.12. The monoisotopic (exact) mass is 398 g/mol. The van der Waals surface area contributed by atoms with Gasteiger partial charge in [0, 0.05) is 5.56 Å². The van der Waals surface area contributed by atoms with Gasteiger partial charge in [-0.15, -0.1) is 0 Å². The van der Waals surface area contributed by atoms with E-state index in [1.165, 1.54) is 22.3 Å². The number of fused-ring (bicyclic) bond motifs is 1. The van der Waals surface area contributed by atoms with Crippen LogP contribution in [0.25, 0.3) is 22.4 Å². The first kappa shape index (κ1) is 20.2. The first-order chi connectivity index (χ1) is 14.6. The van der Waals surface area contributed by atoms with Crippen LogP contribution in [-0.2, 0) is 6.54 Å². The lowest BCUT2D eigenvalue weighted by atomic mass is 9.99. The third-order valence-electron chi connectivity index (χ3n) is 5.92. The van der Waals surface area contributed by atoms with Gasteiger partial charge in [-0.05, 0) is 61.6 Å². The number of nitrogens with zero attached hydrogens (tertiary/aromatic N) is 2. The van der Waals surface area contributed by atoms with Gasteiger partial charge >= 0.3 is 0 Å². The molecule has 4 aromatic rings. The summed E-state index contributed by atoms with van der Waals surface area (Å²) < 4.78 is 8.37. The molecular weight excluding hydrogens is 368 g/mol. The van der Waals surface area contributed by atoms with Gasteiger partial charge in [0.05, 0.1) is 17.6 Å². The van der Waals surface area contributed by atoms with Gasteiger partial charge in [0.1, 0.15) is 18.2 Å². The van der Waals surface area contributed by atoms with Crippen molar-refractivity contribution in [3.05, 3.63) is 83.4 Å². The predicted octanol–water partition coefficient (Wildman–Crippen LogP) is 6.91. The molecule has 1 heterocycles. The Hall–Kier alpha value is -3.07. The first-order valence-corrected chi connectivity index (χ1v) is 10.8. The second-order valence-electron chi connectivity index (χ2n) is 8.12. The minimum atomic E-state index is 0.580. The van der Waals surface area contributed by atoms with Crippen LogP contribution < -0.4 is 4.74 Å². The fourth-order valence-corrected chi connectivity index (χ4v) is 3.96. The topological polar surface area (TPSA) is 27.1 Å². The third kappa shape index (κ3) is 4.11. The van der Waals surface area contributed by atoms with E-state index in [0.29, 0.717) is 12.5 Å². The Morgan fingerprint density at radius 1 is 0.967 bits per heavy atom. The fraction of sp³-hybridized carbons (Fsp3) is 0.296. The molecule has 30 heavy (non-hydrogen) atoms. The van der Waals surface area contributed by atoms with Crippen LogP contribution in [0, 0.1) is 13.8 Å². The molecule has 0 aliphatic carbocycles. The Balaban J connectivity index is 1.58. The molecule has 1 atom stereocenters. The number of ether oxygens (including phenoxy) is 1. The van der Waals surface area contributed by atoms with Crippen LogP contribution in [0.4, 0.5) is 0 Å². The van der Waals surface area contributed by atoms with Crippen LogP contribution in [0.5, 0.6) is 5.75 Å². The number of aryl methyl sites for hydroxylation is 2. The smallest absolute Gasteiger partial charge is 0.141 e. The van der Waals surface area contributed by atoms with E-state index in [0.717, 1.165) is 35.6 Å². The zero-order chi connectivity index (χ0) is 21.1. The number of imidazole rings is 1. The summed E-state index contributed by atoms with van der Waals surface area (Å²) in [5.74, 6) is 2.50. The van der Waals surface area contributed by atoms with E-state index in [2.05, 4.69) is 92.9 Å². The zero-order valence-corrected chi connectivity index (χ0v) is 18.4. The minimum Gasteiger partial charge on any atom is -0.492 e. The van der Waals surface area contributed by atoms with Crippen molar-refractivity contribution >= 4 is 11.0 Å². The molecule has 3 heteroatoms. The summed E-state index contributed by atoms with van der Waals surface area (Å²) in [6.07, 6.45) is 1.15. The molecule has 0 amide bonds. The first-order valence-electron chi connectivity index (χ1n) is 10.8. The molecule has 0 fully saturated rings. The molecule has 1 aromatic heterocycles. The zero-order valence-electron chi connectivity index (χ0n) is 18.4. The molecule has 0 spiro atoms. The van der Waals surface area contributed by atoms with Crippen molar-refractivity contribution in [1.29, 1.82) is 0 Å². The highest BCUT2D eigenvalue weighted by Gasteiger charge is 2.14. The SMILES string of the molecule is CCC(C)c1ccc(OCCn2c(-c3ccc(C)cc3C)nc3ccccc32)cc1. The molecule has 0 radical (unpaired) electrons. The maximum atomic E-state index is 6.09. The quantitative estimate of drug-likeness (QED) is 0.338. The maximum Gasteiger partial charge on any atom is 0.141 e. The maximum absolute atomic E-state index is 6.09. The number of hydrogen-bond donors (Lipinski definition) is 0. The van der Waals surface area contributed by atoms with E-state index >= 15 is 0 Å². The molecule has 3 nitrogen and oxygen atoms in total. The van der Waals surface area contributed by atoms with E-state index in [-0.39, 0.29) is 0 Å². The molecule has 0 saturated carbocycles. The van der Waals surface area contributed by atoms with Crippen LogP contribution in [0.15, 0.2) is 66.7 Å². The standard InChI is InChI=1S/C27H30N2O/c1-5-20(3)22-11-13-23(14-12-22)30-17-16-29-26-9-7-6-8-25(26)28-27(29)24-15-10-19(2)18-21(24)4/h6-15,18,20H,5,16-17H2,1-4H3. The molecule has 0 bridgehead atoms. The summed E-state index contributed by atoms with van der Waals surface area (Å²) in [5.41, 5.74) is 7.21. The van der Waals surface area contributed by atoms with Gasteiger partial charge in [0.2, 0.25) is 0 Å². The number of hydrogen-bond acceptors (Lipinski definition) is 2. The average molecular weight is 399 g/mol. The van der Waals surface area contributed by atoms with Gasteiger partial charge in [-0.2, -0.15) is 0 Å². The van der Waals surface area contributed by atoms with Gasteiger partial charge in [0.25, 0.3) is 0 Å². The Bertz CT molecular complexity index is 1140. The summed E-state index contributed by atoms with van der Waals surface area (Å²) in [7, 11) is 0. The number of aromatic nitrogens is 2. The predicted molar refractivity (Wildman–Crippen MR) is 125 cm³/mol. The molecule has 3 aromatic carbocycles. The van der Waals surface area contributed by atoms with Gasteiger partial charge < -0.3 is 9.30 Å². The Morgan fingerprint density at radius 2 is 1.73 bits per heavy atom. The van der Waals surface area contributed by atoms with Crippen LogP contribution in [0.1, 0.15) is 42.9 Å². The number of benzene rings is 3. The molecule has 4 rings (SSSR count). The molecule has 1 unspecified atom stereocenters. The largest absolute Gasteiger partial charge is 0.492 e. The van der Waals surface area contributed by atoms with E-state index in [4.69, 9.17) is 9.72 Å². The molecule has 0 saturated heterocycles. The molecule has 154 valence electrons. The van der Waals surface area contributed by atoms with Crippen molar-refractivity contribution in [2.45, 2.75) is 46.6 Å². The number of rotatable bonds is 7. The Labute approximate surface area is 179 Å². The molecule has 0 aliphatic rings. The minimum absolute atomic E-state index is 0.580. The third-order valence-corrected chi connectivity index (χ3v) is 5.92. The molecule has 0 aliphatic heterocycles. The fourth-order valence-electron chi connectivity index (χ4n) is 3.96. The van der Waals surface area contributed by atoms with E-state index in [1.807, 2.05) is 6.07 Å². The summed E-state index contributed by atoms with van der Waals surface area (Å²) in [6.45, 7) is 10.1. The van der Waals surface area contributed by atoms with Gasteiger partial charge in [-0.1, -0.05) is 61.9 Å². The van der Waals surface area contributed by atoms with Crippen LogP contribution in [-0.4, -0.2) is 16.2 Å². The second kappa shape index (κ2) is 8.74.